The number of carbonyl (C=O) groups is 1. The van der Waals surface area contributed by atoms with Gasteiger partial charge in [0.1, 0.15) is 16.7 Å². The van der Waals surface area contributed by atoms with Crippen molar-refractivity contribution in [3.63, 3.8) is 0 Å². The van der Waals surface area contributed by atoms with Gasteiger partial charge >= 0.3 is 0 Å². The molecule has 1 aliphatic heterocycles. The summed E-state index contributed by atoms with van der Waals surface area (Å²) in [6.07, 6.45) is 3.52. The van der Waals surface area contributed by atoms with Crippen LogP contribution >= 0.6 is 24.0 Å². The highest BCUT2D eigenvalue weighted by atomic mass is 32.2. The van der Waals surface area contributed by atoms with Gasteiger partial charge in [0.25, 0.3) is 5.91 Å². The van der Waals surface area contributed by atoms with E-state index in [-0.39, 0.29) is 5.91 Å². The molecule has 3 aromatic rings. The minimum Gasteiger partial charge on any atom is -0.488 e. The molecule has 144 valence electrons. The van der Waals surface area contributed by atoms with Crippen LogP contribution in [0.4, 0.5) is 0 Å². The van der Waals surface area contributed by atoms with Crippen molar-refractivity contribution in [2.75, 3.05) is 6.54 Å². The molecule has 1 aliphatic rings. The molecule has 0 saturated carbocycles. The summed E-state index contributed by atoms with van der Waals surface area (Å²) < 4.78 is 6.70. The van der Waals surface area contributed by atoms with E-state index in [0.717, 1.165) is 16.9 Å². The van der Waals surface area contributed by atoms with Gasteiger partial charge in [0.05, 0.1) is 4.91 Å². The molecule has 3 nitrogen and oxygen atoms in total. The van der Waals surface area contributed by atoms with Crippen LogP contribution in [0, 0.1) is 0 Å². The molecule has 29 heavy (non-hydrogen) atoms. The molecule has 0 radical (unpaired) electrons. The van der Waals surface area contributed by atoms with E-state index in [9.17, 15) is 4.79 Å². The first-order valence-corrected chi connectivity index (χ1v) is 10.4. The second-order valence-electron chi connectivity index (χ2n) is 6.55. The van der Waals surface area contributed by atoms with Crippen molar-refractivity contribution in [3.8, 4) is 5.75 Å². The highest BCUT2D eigenvalue weighted by Crippen LogP contribution is 2.34. The van der Waals surface area contributed by atoms with Crippen molar-refractivity contribution >= 4 is 51.1 Å². The molecule has 4 rings (SSSR count). The molecule has 1 fully saturated rings. The monoisotopic (exact) mass is 417 g/mol. The zero-order valence-corrected chi connectivity index (χ0v) is 17.3. The molecule has 0 N–H and O–H groups in total. The second kappa shape index (κ2) is 8.64. The fraction of sp³-hybridized carbons (Fsp3) is 0.0833. The first-order chi connectivity index (χ1) is 14.2. The van der Waals surface area contributed by atoms with Gasteiger partial charge in [-0.05, 0) is 28.5 Å². The van der Waals surface area contributed by atoms with Crippen molar-refractivity contribution in [3.05, 3.63) is 95.4 Å². The number of nitrogens with zero attached hydrogens (tertiary/aromatic N) is 1. The third-order valence-electron chi connectivity index (χ3n) is 4.65. The Hall–Kier alpha value is -2.89. The Bertz CT molecular complexity index is 1130. The first kappa shape index (κ1) is 19.4. The summed E-state index contributed by atoms with van der Waals surface area (Å²) >= 11 is 6.62. The maximum Gasteiger partial charge on any atom is 0.266 e. The average Bonchev–Trinajstić information content (AvgIpc) is 3.01. The summed E-state index contributed by atoms with van der Waals surface area (Å²) in [6, 6.07) is 22.2. The van der Waals surface area contributed by atoms with Gasteiger partial charge in [0.15, 0.2) is 0 Å². The number of ether oxygens (including phenoxy) is 1. The lowest BCUT2D eigenvalue weighted by Crippen LogP contribution is -2.27. The standard InChI is InChI=1S/C24H19NO2S2/c1-2-14-25-23(26)22(29-24(25)28)15-18-9-4-6-13-21(18)27-16-19-11-7-10-17-8-3-5-12-20(17)19/h2-13,15H,1,14,16H2/b22-15-. The van der Waals surface area contributed by atoms with Gasteiger partial charge in [-0.1, -0.05) is 90.7 Å². The molecular formula is C24H19NO2S2. The van der Waals surface area contributed by atoms with Crippen molar-refractivity contribution in [1.82, 2.24) is 4.90 Å². The van der Waals surface area contributed by atoms with Crippen LogP contribution in [0.25, 0.3) is 16.8 Å². The summed E-state index contributed by atoms with van der Waals surface area (Å²) in [7, 11) is 0. The number of amides is 1. The lowest BCUT2D eigenvalue weighted by Gasteiger charge is -2.12. The minimum atomic E-state index is -0.0937. The molecule has 0 bridgehead atoms. The normalized spacial score (nSPS) is 15.3. The van der Waals surface area contributed by atoms with E-state index in [1.54, 1.807) is 11.0 Å². The highest BCUT2D eigenvalue weighted by Gasteiger charge is 2.31. The number of carbonyl (C=O) groups excluding carboxylic acids is 1. The Morgan fingerprint density at radius 1 is 1.03 bits per heavy atom. The number of fused-ring (bicyclic) bond motifs is 1. The van der Waals surface area contributed by atoms with Gasteiger partial charge in [-0.2, -0.15) is 0 Å². The van der Waals surface area contributed by atoms with E-state index < -0.39 is 0 Å². The summed E-state index contributed by atoms with van der Waals surface area (Å²) in [5.74, 6) is 0.637. The zero-order valence-electron chi connectivity index (χ0n) is 15.7. The van der Waals surface area contributed by atoms with Gasteiger partial charge in [-0.3, -0.25) is 9.69 Å². The van der Waals surface area contributed by atoms with Crippen LogP contribution in [0.5, 0.6) is 5.75 Å². The van der Waals surface area contributed by atoms with Crippen LogP contribution in [-0.4, -0.2) is 21.7 Å². The maximum atomic E-state index is 12.6. The van der Waals surface area contributed by atoms with Crippen LogP contribution in [-0.2, 0) is 11.4 Å². The molecule has 3 aromatic carbocycles. The summed E-state index contributed by atoms with van der Waals surface area (Å²) in [4.78, 5) is 14.8. The summed E-state index contributed by atoms with van der Waals surface area (Å²) in [5, 5.41) is 2.37. The topological polar surface area (TPSA) is 29.5 Å². The predicted octanol–water partition coefficient (Wildman–Crippen LogP) is 5.81. The lowest BCUT2D eigenvalue weighted by atomic mass is 10.1. The Morgan fingerprint density at radius 2 is 1.79 bits per heavy atom. The van der Waals surface area contributed by atoms with Gasteiger partial charge in [0, 0.05) is 12.1 Å². The number of para-hydroxylation sites is 1. The van der Waals surface area contributed by atoms with Crippen LogP contribution < -0.4 is 4.74 Å². The Labute approximate surface area is 179 Å². The van der Waals surface area contributed by atoms with Crippen LogP contribution in [0.2, 0.25) is 0 Å². The fourth-order valence-electron chi connectivity index (χ4n) is 3.23. The Kier molecular flexibility index (Phi) is 5.79. The summed E-state index contributed by atoms with van der Waals surface area (Å²) in [6.45, 7) is 4.55. The molecule has 1 amide bonds. The molecule has 1 heterocycles. The minimum absolute atomic E-state index is 0.0937. The Morgan fingerprint density at radius 3 is 2.66 bits per heavy atom. The highest BCUT2D eigenvalue weighted by molar-refractivity contribution is 8.26. The molecule has 0 spiro atoms. The lowest BCUT2D eigenvalue weighted by molar-refractivity contribution is -0.121. The quantitative estimate of drug-likeness (QED) is 0.288. The van der Waals surface area contributed by atoms with E-state index >= 15 is 0 Å². The van der Waals surface area contributed by atoms with Crippen LogP contribution in [0.3, 0.4) is 0 Å². The third kappa shape index (κ3) is 4.11. The number of rotatable bonds is 6. The molecule has 0 atom stereocenters. The van der Waals surface area contributed by atoms with E-state index in [1.165, 1.54) is 22.5 Å². The smallest absolute Gasteiger partial charge is 0.266 e. The van der Waals surface area contributed by atoms with Crippen molar-refractivity contribution in [1.29, 1.82) is 0 Å². The van der Waals surface area contributed by atoms with Crippen molar-refractivity contribution in [2.24, 2.45) is 0 Å². The second-order valence-corrected chi connectivity index (χ2v) is 8.22. The molecule has 5 heteroatoms. The zero-order chi connectivity index (χ0) is 20.2. The molecule has 0 aliphatic carbocycles. The van der Waals surface area contributed by atoms with E-state index in [4.69, 9.17) is 17.0 Å². The maximum absolute atomic E-state index is 12.6. The fourth-order valence-corrected chi connectivity index (χ4v) is 4.50. The molecule has 0 unspecified atom stereocenters. The van der Waals surface area contributed by atoms with Gasteiger partial charge < -0.3 is 4.74 Å². The van der Waals surface area contributed by atoms with Crippen molar-refractivity contribution < 1.29 is 9.53 Å². The van der Waals surface area contributed by atoms with Crippen LogP contribution in [0.15, 0.2) is 84.3 Å². The molecule has 0 aromatic heterocycles. The largest absolute Gasteiger partial charge is 0.488 e. The van der Waals surface area contributed by atoms with E-state index in [0.29, 0.717) is 22.4 Å². The number of thioether (sulfide) groups is 1. The summed E-state index contributed by atoms with van der Waals surface area (Å²) in [5.41, 5.74) is 1.97. The van der Waals surface area contributed by atoms with Gasteiger partial charge in [-0.15, -0.1) is 6.58 Å². The van der Waals surface area contributed by atoms with Gasteiger partial charge in [-0.25, -0.2) is 0 Å². The third-order valence-corrected chi connectivity index (χ3v) is 6.03. The average molecular weight is 418 g/mol. The molecule has 1 saturated heterocycles. The first-order valence-electron chi connectivity index (χ1n) is 9.22. The van der Waals surface area contributed by atoms with Crippen molar-refractivity contribution in [2.45, 2.75) is 6.61 Å². The SMILES string of the molecule is C=CCN1C(=O)/C(=C/c2ccccc2OCc2cccc3ccccc23)SC1=S. The van der Waals surface area contributed by atoms with E-state index in [1.807, 2.05) is 48.5 Å². The van der Waals surface area contributed by atoms with E-state index in [2.05, 4.69) is 30.8 Å². The number of benzene rings is 3. The Balaban J connectivity index is 1.59. The van der Waals surface area contributed by atoms with Crippen LogP contribution in [0.1, 0.15) is 11.1 Å². The number of thiocarbonyl (C=S) groups is 1. The predicted molar refractivity (Wildman–Crippen MR) is 125 cm³/mol. The van der Waals surface area contributed by atoms with Gasteiger partial charge in [0.2, 0.25) is 0 Å². The number of hydrogen-bond acceptors (Lipinski definition) is 4. The molecular weight excluding hydrogens is 398 g/mol. The number of hydrogen-bond donors (Lipinski definition) is 0.